The Labute approximate surface area is 137 Å². The van der Waals surface area contributed by atoms with Gasteiger partial charge in [0.25, 0.3) is 0 Å². The number of amides is 1. The van der Waals surface area contributed by atoms with Crippen molar-refractivity contribution in [2.75, 3.05) is 17.3 Å². The second-order valence-corrected chi connectivity index (χ2v) is 6.43. The molecule has 6 nitrogen and oxygen atoms in total. The second kappa shape index (κ2) is 6.08. The number of fused-ring (bicyclic) bond motifs is 1. The molecule has 1 aromatic carbocycles. The molecule has 7 heteroatoms. The molecule has 1 heterocycles. The van der Waals surface area contributed by atoms with Crippen molar-refractivity contribution in [2.24, 2.45) is 0 Å². The Morgan fingerprint density at radius 2 is 2.05 bits per heavy atom. The Balaban J connectivity index is 2.41. The third kappa shape index (κ3) is 3.47. The van der Waals surface area contributed by atoms with Gasteiger partial charge in [0, 0.05) is 18.1 Å². The number of alkyl halides is 1. The maximum absolute atomic E-state index is 12.2. The van der Waals surface area contributed by atoms with E-state index in [-0.39, 0.29) is 11.2 Å². The van der Waals surface area contributed by atoms with Crippen LogP contribution in [0.5, 0.6) is 0 Å². The summed E-state index contributed by atoms with van der Waals surface area (Å²) in [6.07, 6.45) is 1.05. The summed E-state index contributed by atoms with van der Waals surface area (Å²) in [7, 11) is 1.68. The lowest BCUT2D eigenvalue weighted by Gasteiger charge is -2.19. The molecule has 0 atom stereocenters. The minimum Gasteiger partial charge on any atom is -0.442 e. The summed E-state index contributed by atoms with van der Waals surface area (Å²) in [5, 5.41) is 5.10. The largest absolute Gasteiger partial charge is 0.442 e. The first kappa shape index (κ1) is 16.5. The number of benzene rings is 1. The molecule has 2 aromatic rings. The first-order valence-corrected chi connectivity index (χ1v) is 7.89. The van der Waals surface area contributed by atoms with Crippen LogP contribution in [0, 0.1) is 0 Å². The molecule has 0 bridgehead atoms. The van der Waals surface area contributed by atoms with Gasteiger partial charge in [0.1, 0.15) is 5.60 Å². The van der Waals surface area contributed by atoms with E-state index in [0.717, 1.165) is 5.39 Å². The maximum atomic E-state index is 12.2. The Morgan fingerprint density at radius 3 is 2.64 bits per heavy atom. The lowest BCUT2D eigenvalue weighted by atomic mass is 10.2. The minimum absolute atomic E-state index is 0.0808. The van der Waals surface area contributed by atoms with Crippen molar-refractivity contribution in [1.29, 1.82) is 0 Å². The number of carbonyl (C=O) groups is 2. The van der Waals surface area contributed by atoms with Crippen LogP contribution in [0.25, 0.3) is 10.9 Å². The van der Waals surface area contributed by atoms with E-state index >= 15 is 0 Å². The molecule has 0 aliphatic rings. The Hall–Kier alpha value is -1.89. The van der Waals surface area contributed by atoms with E-state index < -0.39 is 11.7 Å². The fourth-order valence-corrected chi connectivity index (χ4v) is 2.28. The van der Waals surface area contributed by atoms with E-state index in [2.05, 4.69) is 21.0 Å². The highest BCUT2D eigenvalue weighted by atomic mass is 79.9. The van der Waals surface area contributed by atoms with E-state index in [1.807, 2.05) is 12.1 Å². The number of anilines is 1. The number of ether oxygens (including phenoxy) is 1. The summed E-state index contributed by atoms with van der Waals surface area (Å²) in [6, 6.07) is 5.37. The van der Waals surface area contributed by atoms with Crippen LogP contribution in [0.3, 0.4) is 0 Å². The smallest absolute Gasteiger partial charge is 0.435 e. The van der Waals surface area contributed by atoms with Gasteiger partial charge in [-0.1, -0.05) is 15.9 Å². The summed E-state index contributed by atoms with van der Waals surface area (Å²) in [5.41, 5.74) is 0.679. The Kier molecular flexibility index (Phi) is 4.55. The zero-order chi connectivity index (χ0) is 16.5. The molecule has 0 radical (unpaired) electrons. The molecule has 0 N–H and O–H groups in total. The van der Waals surface area contributed by atoms with Gasteiger partial charge in [-0.15, -0.1) is 0 Å². The fraction of sp³-hybridized carbons (Fsp3) is 0.400. The molecule has 118 valence electrons. The van der Waals surface area contributed by atoms with Crippen molar-refractivity contribution in [2.45, 2.75) is 26.4 Å². The molecule has 0 aliphatic carbocycles. The van der Waals surface area contributed by atoms with Crippen LogP contribution < -0.4 is 4.90 Å². The van der Waals surface area contributed by atoms with E-state index in [1.54, 1.807) is 40.1 Å². The summed E-state index contributed by atoms with van der Waals surface area (Å²) in [6.45, 7) is 5.39. The van der Waals surface area contributed by atoms with Gasteiger partial charge in [-0.3, -0.25) is 4.79 Å². The lowest BCUT2D eigenvalue weighted by Crippen LogP contribution is -2.28. The molecular formula is C15H18BrN3O3. The highest BCUT2D eigenvalue weighted by molar-refractivity contribution is 9.09. The van der Waals surface area contributed by atoms with Gasteiger partial charge < -0.3 is 9.64 Å². The van der Waals surface area contributed by atoms with E-state index in [1.165, 1.54) is 9.58 Å². The number of hydrogen-bond donors (Lipinski definition) is 0. The topological polar surface area (TPSA) is 64.4 Å². The molecule has 0 fully saturated rings. The molecule has 0 unspecified atom stereocenters. The van der Waals surface area contributed by atoms with Gasteiger partial charge in [-0.25, -0.2) is 4.79 Å². The van der Waals surface area contributed by atoms with Crippen LogP contribution in [0.4, 0.5) is 10.5 Å². The summed E-state index contributed by atoms with van der Waals surface area (Å²) >= 11 is 3.14. The monoisotopic (exact) mass is 367 g/mol. The van der Waals surface area contributed by atoms with Crippen molar-refractivity contribution in [3.63, 3.8) is 0 Å². The highest BCUT2D eigenvalue weighted by Crippen LogP contribution is 2.22. The molecule has 1 aromatic heterocycles. The van der Waals surface area contributed by atoms with Gasteiger partial charge >= 0.3 is 6.09 Å². The molecule has 0 saturated heterocycles. The summed E-state index contributed by atoms with van der Waals surface area (Å²) in [4.78, 5) is 25.5. The second-order valence-electron chi connectivity index (χ2n) is 5.87. The average molecular weight is 368 g/mol. The number of nitrogens with zero attached hydrogens (tertiary/aromatic N) is 3. The van der Waals surface area contributed by atoms with Gasteiger partial charge in [-0.05, 0) is 39.0 Å². The molecule has 0 spiro atoms. The van der Waals surface area contributed by atoms with E-state index in [9.17, 15) is 9.59 Å². The zero-order valence-corrected chi connectivity index (χ0v) is 14.5. The fourth-order valence-electron chi connectivity index (χ4n) is 1.90. The van der Waals surface area contributed by atoms with Crippen molar-refractivity contribution in [1.82, 2.24) is 9.78 Å². The SMILES string of the molecule is CN(C(=O)CBr)c1ccc2cnn(C(=O)OC(C)(C)C)c2c1. The number of hydrogen-bond acceptors (Lipinski definition) is 4. The van der Waals surface area contributed by atoms with Crippen LogP contribution in [0.15, 0.2) is 24.4 Å². The molecule has 0 aliphatic heterocycles. The van der Waals surface area contributed by atoms with Gasteiger partial charge in [0.2, 0.25) is 5.91 Å². The molecule has 0 saturated carbocycles. The number of carbonyl (C=O) groups excluding carboxylic acids is 2. The first-order chi connectivity index (χ1) is 10.2. The third-order valence-electron chi connectivity index (χ3n) is 3.00. The van der Waals surface area contributed by atoms with Gasteiger partial charge in [0.05, 0.1) is 17.0 Å². The highest BCUT2D eigenvalue weighted by Gasteiger charge is 2.20. The average Bonchev–Trinajstić information content (AvgIpc) is 2.86. The maximum Gasteiger partial charge on any atom is 0.435 e. The predicted molar refractivity (Wildman–Crippen MR) is 88.6 cm³/mol. The van der Waals surface area contributed by atoms with Crippen molar-refractivity contribution >= 4 is 44.5 Å². The van der Waals surface area contributed by atoms with Crippen LogP contribution in [0.1, 0.15) is 20.8 Å². The standard InChI is InChI=1S/C15H18BrN3O3/c1-15(2,3)22-14(21)19-12-7-11(18(4)13(20)8-16)6-5-10(12)9-17-19/h5-7,9H,8H2,1-4H3. The first-order valence-electron chi connectivity index (χ1n) is 6.76. The van der Waals surface area contributed by atoms with Crippen LogP contribution in [-0.4, -0.2) is 39.8 Å². The normalized spacial score (nSPS) is 11.5. The predicted octanol–water partition coefficient (Wildman–Crippen LogP) is 3.18. The number of halogens is 1. The van der Waals surface area contributed by atoms with Gasteiger partial charge in [-0.2, -0.15) is 9.78 Å². The van der Waals surface area contributed by atoms with Crippen molar-refractivity contribution < 1.29 is 14.3 Å². The number of aromatic nitrogens is 2. The van der Waals surface area contributed by atoms with Crippen molar-refractivity contribution in [3.05, 3.63) is 24.4 Å². The molecule has 22 heavy (non-hydrogen) atoms. The summed E-state index contributed by atoms with van der Waals surface area (Å²) < 4.78 is 6.54. The van der Waals surface area contributed by atoms with Crippen LogP contribution in [-0.2, 0) is 9.53 Å². The third-order valence-corrected chi connectivity index (χ3v) is 3.48. The molecular weight excluding hydrogens is 350 g/mol. The molecule has 2 rings (SSSR count). The Morgan fingerprint density at radius 1 is 1.36 bits per heavy atom. The van der Waals surface area contributed by atoms with E-state index in [4.69, 9.17) is 4.74 Å². The Bertz CT molecular complexity index is 718. The van der Waals surface area contributed by atoms with Crippen molar-refractivity contribution in [3.8, 4) is 0 Å². The zero-order valence-electron chi connectivity index (χ0n) is 13.0. The number of rotatable bonds is 2. The van der Waals surface area contributed by atoms with E-state index in [0.29, 0.717) is 11.2 Å². The molecule has 1 amide bonds. The van der Waals surface area contributed by atoms with Crippen LogP contribution in [0.2, 0.25) is 0 Å². The minimum atomic E-state index is -0.602. The van der Waals surface area contributed by atoms with Gasteiger partial charge in [0.15, 0.2) is 0 Å². The summed E-state index contributed by atoms with van der Waals surface area (Å²) in [5.74, 6) is -0.0808. The van der Waals surface area contributed by atoms with Crippen LogP contribution >= 0.6 is 15.9 Å². The lowest BCUT2D eigenvalue weighted by molar-refractivity contribution is -0.115. The quantitative estimate of drug-likeness (QED) is 0.764.